The first-order valence-electron chi connectivity index (χ1n) is 7.21. The highest BCUT2D eigenvalue weighted by molar-refractivity contribution is 4.99. The monoisotopic (exact) mass is 252 g/mol. The summed E-state index contributed by atoms with van der Waals surface area (Å²) in [5.41, 5.74) is 6.73. The van der Waals surface area contributed by atoms with Crippen LogP contribution in [-0.2, 0) is 6.54 Å². The van der Waals surface area contributed by atoms with Crippen LogP contribution in [0.1, 0.15) is 51.8 Å². The maximum absolute atomic E-state index is 5.56. The van der Waals surface area contributed by atoms with Crippen LogP contribution in [-0.4, -0.2) is 34.3 Å². The molecular formula is C14H28N4. The number of nitrogens with zero attached hydrogens (tertiary/aromatic N) is 3. The van der Waals surface area contributed by atoms with Crippen molar-refractivity contribution >= 4 is 0 Å². The Morgan fingerprint density at radius 2 is 2.06 bits per heavy atom. The van der Waals surface area contributed by atoms with Gasteiger partial charge in [0.2, 0.25) is 0 Å². The van der Waals surface area contributed by atoms with Crippen molar-refractivity contribution in [1.29, 1.82) is 0 Å². The lowest BCUT2D eigenvalue weighted by molar-refractivity contribution is 0.272. The fourth-order valence-electron chi connectivity index (χ4n) is 2.22. The van der Waals surface area contributed by atoms with Crippen LogP contribution in [0.15, 0.2) is 12.3 Å². The van der Waals surface area contributed by atoms with E-state index >= 15 is 0 Å². The molecule has 0 aliphatic heterocycles. The molecule has 0 unspecified atom stereocenters. The van der Waals surface area contributed by atoms with Gasteiger partial charge < -0.3 is 5.73 Å². The van der Waals surface area contributed by atoms with E-state index in [9.17, 15) is 0 Å². The van der Waals surface area contributed by atoms with E-state index in [0.29, 0.717) is 6.04 Å². The Balaban J connectivity index is 2.56. The first-order chi connectivity index (χ1) is 8.74. The van der Waals surface area contributed by atoms with E-state index < -0.39 is 0 Å². The minimum absolute atomic E-state index is 0.540. The molecule has 1 aromatic rings. The summed E-state index contributed by atoms with van der Waals surface area (Å²) in [5, 5.41) is 4.69. The van der Waals surface area contributed by atoms with Gasteiger partial charge in [0.25, 0.3) is 0 Å². The lowest BCUT2D eigenvalue weighted by atomic mass is 10.2. The van der Waals surface area contributed by atoms with Crippen molar-refractivity contribution in [3.05, 3.63) is 18.0 Å². The Labute approximate surface area is 111 Å². The second-order valence-corrected chi connectivity index (χ2v) is 4.77. The summed E-state index contributed by atoms with van der Waals surface area (Å²) in [6, 6.07) is 2.68. The van der Waals surface area contributed by atoms with Gasteiger partial charge in [-0.1, -0.05) is 20.8 Å². The van der Waals surface area contributed by atoms with Crippen LogP contribution in [0.25, 0.3) is 0 Å². The number of hydrogen-bond donors (Lipinski definition) is 1. The molecule has 1 aromatic heterocycles. The maximum atomic E-state index is 5.56. The van der Waals surface area contributed by atoms with Gasteiger partial charge in [-0.3, -0.25) is 9.58 Å². The van der Waals surface area contributed by atoms with Gasteiger partial charge in [0.15, 0.2) is 0 Å². The lowest BCUT2D eigenvalue weighted by Gasteiger charge is -2.18. The molecule has 104 valence electrons. The van der Waals surface area contributed by atoms with Crippen LogP contribution in [0.3, 0.4) is 0 Å². The minimum Gasteiger partial charge on any atom is -0.330 e. The van der Waals surface area contributed by atoms with Gasteiger partial charge in [0.1, 0.15) is 0 Å². The van der Waals surface area contributed by atoms with E-state index in [0.717, 1.165) is 45.4 Å². The van der Waals surface area contributed by atoms with Crippen molar-refractivity contribution in [1.82, 2.24) is 14.7 Å². The van der Waals surface area contributed by atoms with Gasteiger partial charge in [-0.2, -0.15) is 5.10 Å². The van der Waals surface area contributed by atoms with Gasteiger partial charge in [0, 0.05) is 12.7 Å². The quantitative estimate of drug-likeness (QED) is 0.734. The van der Waals surface area contributed by atoms with E-state index in [1.807, 2.05) is 0 Å². The van der Waals surface area contributed by atoms with Crippen molar-refractivity contribution in [2.45, 2.75) is 52.6 Å². The average Bonchev–Trinajstić information content (AvgIpc) is 2.84. The molecule has 0 aliphatic rings. The van der Waals surface area contributed by atoms with Crippen LogP contribution in [0.2, 0.25) is 0 Å². The summed E-state index contributed by atoms with van der Waals surface area (Å²) >= 11 is 0. The normalized spacial score (nSPS) is 11.7. The highest BCUT2D eigenvalue weighted by Gasteiger charge is 2.10. The molecule has 4 heteroatoms. The van der Waals surface area contributed by atoms with Crippen molar-refractivity contribution < 1.29 is 0 Å². The number of hydrogen-bond acceptors (Lipinski definition) is 3. The van der Waals surface area contributed by atoms with E-state index in [1.165, 1.54) is 5.69 Å². The van der Waals surface area contributed by atoms with Gasteiger partial charge in [-0.05, 0) is 45.0 Å². The molecule has 0 fully saturated rings. The molecule has 0 bridgehead atoms. The smallest absolute Gasteiger partial charge is 0.0764 e. The van der Waals surface area contributed by atoms with Crippen LogP contribution in [0, 0.1) is 0 Å². The highest BCUT2D eigenvalue weighted by Crippen LogP contribution is 2.15. The maximum Gasteiger partial charge on any atom is 0.0764 e. The largest absolute Gasteiger partial charge is 0.330 e. The Bertz CT molecular complexity index is 317. The second kappa shape index (κ2) is 8.27. The summed E-state index contributed by atoms with van der Waals surface area (Å²) in [6.07, 6.45) is 5.45. The van der Waals surface area contributed by atoms with E-state index in [2.05, 4.69) is 42.6 Å². The van der Waals surface area contributed by atoms with E-state index in [4.69, 9.17) is 10.8 Å². The average molecular weight is 252 g/mol. The van der Waals surface area contributed by atoms with Crippen LogP contribution in [0.5, 0.6) is 0 Å². The SMILES string of the molecule is CCC(CC)n1ccc(CN(CC)CCCN)n1. The zero-order valence-electron chi connectivity index (χ0n) is 12.1. The van der Waals surface area contributed by atoms with Crippen LogP contribution in [0.4, 0.5) is 0 Å². The molecule has 4 nitrogen and oxygen atoms in total. The Hall–Kier alpha value is -0.870. The zero-order chi connectivity index (χ0) is 13.4. The van der Waals surface area contributed by atoms with E-state index in [-0.39, 0.29) is 0 Å². The molecule has 18 heavy (non-hydrogen) atoms. The van der Waals surface area contributed by atoms with Crippen molar-refractivity contribution in [2.75, 3.05) is 19.6 Å². The second-order valence-electron chi connectivity index (χ2n) is 4.77. The highest BCUT2D eigenvalue weighted by atomic mass is 15.3. The topological polar surface area (TPSA) is 47.1 Å². The molecule has 0 atom stereocenters. The first-order valence-corrected chi connectivity index (χ1v) is 7.21. The Kier molecular flexibility index (Phi) is 6.98. The molecule has 1 heterocycles. The summed E-state index contributed by atoms with van der Waals surface area (Å²) in [7, 11) is 0. The van der Waals surface area contributed by atoms with Gasteiger partial charge >= 0.3 is 0 Å². The standard InChI is InChI=1S/C14H28N4/c1-4-14(5-2)18-11-8-13(16-18)12-17(6-3)10-7-9-15/h8,11,14H,4-7,9-10,12,15H2,1-3H3. The predicted octanol–water partition coefficient (Wildman–Crippen LogP) is 2.41. The minimum atomic E-state index is 0.540. The van der Waals surface area contributed by atoms with Crippen molar-refractivity contribution in [3.63, 3.8) is 0 Å². The summed E-state index contributed by atoms with van der Waals surface area (Å²) in [6.45, 7) is 10.4. The molecule has 0 amide bonds. The molecule has 0 saturated carbocycles. The fourth-order valence-corrected chi connectivity index (χ4v) is 2.22. The van der Waals surface area contributed by atoms with Gasteiger partial charge in [0.05, 0.1) is 11.7 Å². The fraction of sp³-hybridized carbons (Fsp3) is 0.786. The lowest BCUT2D eigenvalue weighted by Crippen LogP contribution is -2.26. The molecular weight excluding hydrogens is 224 g/mol. The van der Waals surface area contributed by atoms with Crippen LogP contribution < -0.4 is 5.73 Å². The summed E-state index contributed by atoms with van der Waals surface area (Å²) in [4.78, 5) is 2.40. The third kappa shape index (κ3) is 4.42. The van der Waals surface area contributed by atoms with Crippen LogP contribution >= 0.6 is 0 Å². The van der Waals surface area contributed by atoms with Gasteiger partial charge in [-0.25, -0.2) is 0 Å². The number of rotatable bonds is 9. The number of aromatic nitrogens is 2. The first kappa shape index (κ1) is 15.2. The molecule has 1 rings (SSSR count). The number of nitrogens with two attached hydrogens (primary N) is 1. The molecule has 0 spiro atoms. The third-order valence-electron chi connectivity index (χ3n) is 3.49. The Morgan fingerprint density at radius 1 is 1.33 bits per heavy atom. The third-order valence-corrected chi connectivity index (χ3v) is 3.49. The summed E-state index contributed by atoms with van der Waals surface area (Å²) in [5.74, 6) is 0. The van der Waals surface area contributed by atoms with Gasteiger partial charge in [-0.15, -0.1) is 0 Å². The molecule has 0 radical (unpaired) electrons. The Morgan fingerprint density at radius 3 is 2.61 bits per heavy atom. The molecule has 2 N–H and O–H groups in total. The van der Waals surface area contributed by atoms with Crippen molar-refractivity contribution in [3.8, 4) is 0 Å². The van der Waals surface area contributed by atoms with E-state index in [1.54, 1.807) is 0 Å². The molecule has 0 aromatic carbocycles. The predicted molar refractivity (Wildman–Crippen MR) is 76.5 cm³/mol. The molecule has 0 aliphatic carbocycles. The van der Waals surface area contributed by atoms with Crippen molar-refractivity contribution in [2.24, 2.45) is 5.73 Å². The molecule has 0 saturated heterocycles. The summed E-state index contributed by atoms with van der Waals surface area (Å²) < 4.78 is 2.12. The zero-order valence-corrected chi connectivity index (χ0v) is 12.1.